The first kappa shape index (κ1) is 16.8. The monoisotopic (exact) mass is 287 g/mol. The van der Waals surface area contributed by atoms with Crippen LogP contribution < -0.4 is 5.32 Å². The maximum absolute atomic E-state index is 11.3. The van der Waals surface area contributed by atoms with Crippen LogP contribution >= 0.6 is 11.8 Å². The number of hydrogen-bond donors (Lipinski definition) is 1. The van der Waals surface area contributed by atoms with Gasteiger partial charge in [0.15, 0.2) is 0 Å². The molecule has 1 aliphatic rings. The van der Waals surface area contributed by atoms with Crippen LogP contribution in [-0.2, 0) is 9.53 Å². The first-order valence-corrected chi connectivity index (χ1v) is 8.69. The van der Waals surface area contributed by atoms with E-state index in [1.807, 2.05) is 11.8 Å². The molecule has 0 aromatic carbocycles. The number of thioether (sulfide) groups is 1. The Balaban J connectivity index is 2.06. The second-order valence-corrected chi connectivity index (χ2v) is 6.72. The summed E-state index contributed by atoms with van der Waals surface area (Å²) in [6.45, 7) is 5.48. The number of ether oxygens (including phenoxy) is 1. The second-order valence-electron chi connectivity index (χ2n) is 5.61. The third-order valence-electron chi connectivity index (χ3n) is 3.94. The van der Waals surface area contributed by atoms with E-state index in [1.54, 1.807) is 0 Å². The molecule has 1 N–H and O–H groups in total. The number of esters is 1. The Morgan fingerprint density at radius 1 is 1.42 bits per heavy atom. The van der Waals surface area contributed by atoms with E-state index in [4.69, 9.17) is 4.74 Å². The van der Waals surface area contributed by atoms with Gasteiger partial charge in [-0.2, -0.15) is 11.8 Å². The van der Waals surface area contributed by atoms with Crippen LogP contribution in [0.1, 0.15) is 52.4 Å². The summed E-state index contributed by atoms with van der Waals surface area (Å²) in [5, 5.41) is 3.52. The van der Waals surface area contributed by atoms with Crippen molar-refractivity contribution in [3.05, 3.63) is 0 Å². The minimum Gasteiger partial charge on any atom is -0.469 e. The molecule has 0 aliphatic heterocycles. The zero-order chi connectivity index (χ0) is 14.1. The molecule has 1 aliphatic carbocycles. The Hall–Kier alpha value is -0.220. The fourth-order valence-electron chi connectivity index (χ4n) is 2.39. The highest BCUT2D eigenvalue weighted by Crippen LogP contribution is 2.51. The Kier molecular flexibility index (Phi) is 7.84. The normalized spacial score (nSPS) is 18.1. The largest absolute Gasteiger partial charge is 0.469 e. The molecule has 4 heteroatoms. The predicted octanol–water partition coefficient (Wildman–Crippen LogP) is 3.23. The summed E-state index contributed by atoms with van der Waals surface area (Å²) in [6, 6.07) is 0.676. The van der Waals surface area contributed by atoms with Gasteiger partial charge in [0.1, 0.15) is 0 Å². The lowest BCUT2D eigenvalue weighted by Gasteiger charge is -2.16. The van der Waals surface area contributed by atoms with E-state index in [2.05, 4.69) is 19.2 Å². The van der Waals surface area contributed by atoms with E-state index >= 15 is 0 Å². The molecule has 0 aromatic rings. The zero-order valence-electron chi connectivity index (χ0n) is 12.7. The molecule has 0 heterocycles. The van der Waals surface area contributed by atoms with Crippen molar-refractivity contribution in [1.82, 2.24) is 5.32 Å². The van der Waals surface area contributed by atoms with Crippen molar-refractivity contribution < 1.29 is 9.53 Å². The first-order chi connectivity index (χ1) is 9.15. The lowest BCUT2D eigenvalue weighted by atomic mass is 10.1. The van der Waals surface area contributed by atoms with Crippen LogP contribution in [0, 0.1) is 5.41 Å². The van der Waals surface area contributed by atoms with E-state index in [0.29, 0.717) is 12.5 Å². The summed E-state index contributed by atoms with van der Waals surface area (Å²) in [7, 11) is 1.48. The molecule has 19 heavy (non-hydrogen) atoms. The minimum atomic E-state index is -0.0451. The molecule has 0 aromatic heterocycles. The van der Waals surface area contributed by atoms with Gasteiger partial charge in [-0.05, 0) is 55.6 Å². The lowest BCUT2D eigenvalue weighted by molar-refractivity contribution is -0.141. The highest BCUT2D eigenvalue weighted by molar-refractivity contribution is 7.99. The summed E-state index contributed by atoms with van der Waals surface area (Å²) in [5.74, 6) is 2.29. The van der Waals surface area contributed by atoms with Gasteiger partial charge in [0, 0.05) is 6.04 Å². The molecule has 1 saturated carbocycles. The summed E-state index contributed by atoms with van der Waals surface area (Å²) in [5.41, 5.74) is 0.281. The van der Waals surface area contributed by atoms with Crippen LogP contribution in [0.4, 0.5) is 0 Å². The van der Waals surface area contributed by atoms with Gasteiger partial charge in [0.2, 0.25) is 0 Å². The van der Waals surface area contributed by atoms with Gasteiger partial charge in [-0.25, -0.2) is 0 Å². The van der Waals surface area contributed by atoms with Crippen LogP contribution in [0.15, 0.2) is 0 Å². The first-order valence-electron chi connectivity index (χ1n) is 7.53. The summed E-state index contributed by atoms with van der Waals surface area (Å²) in [6.07, 6.45) is 6.76. The maximum atomic E-state index is 11.3. The summed E-state index contributed by atoms with van der Waals surface area (Å²) in [4.78, 5) is 11.3. The molecular weight excluding hydrogens is 258 g/mol. The Morgan fingerprint density at radius 3 is 2.68 bits per heavy atom. The van der Waals surface area contributed by atoms with E-state index in [-0.39, 0.29) is 11.4 Å². The SMILES string of the molecule is CCNC(CC)CCCSCC1(CC(=O)OC)CC1. The van der Waals surface area contributed by atoms with E-state index < -0.39 is 0 Å². The molecule has 0 saturated heterocycles. The molecule has 112 valence electrons. The van der Waals surface area contributed by atoms with Crippen LogP contribution in [0.25, 0.3) is 0 Å². The van der Waals surface area contributed by atoms with Gasteiger partial charge >= 0.3 is 5.97 Å². The molecule has 1 unspecified atom stereocenters. The van der Waals surface area contributed by atoms with Crippen LogP contribution in [0.2, 0.25) is 0 Å². The van der Waals surface area contributed by atoms with Gasteiger partial charge in [0.05, 0.1) is 13.5 Å². The third-order valence-corrected chi connectivity index (χ3v) is 5.33. The van der Waals surface area contributed by atoms with Crippen molar-refractivity contribution in [3.63, 3.8) is 0 Å². The minimum absolute atomic E-state index is 0.0451. The maximum Gasteiger partial charge on any atom is 0.306 e. The Labute approximate surface area is 122 Å². The predicted molar refractivity (Wildman–Crippen MR) is 82.6 cm³/mol. The highest BCUT2D eigenvalue weighted by Gasteiger charge is 2.44. The molecule has 1 rings (SSSR count). The van der Waals surface area contributed by atoms with Crippen molar-refractivity contribution in [2.75, 3.05) is 25.2 Å². The number of carbonyl (C=O) groups excluding carboxylic acids is 1. The van der Waals surface area contributed by atoms with Crippen molar-refractivity contribution >= 4 is 17.7 Å². The topological polar surface area (TPSA) is 38.3 Å². The number of methoxy groups -OCH3 is 1. The smallest absolute Gasteiger partial charge is 0.306 e. The molecule has 0 bridgehead atoms. The van der Waals surface area contributed by atoms with Gasteiger partial charge in [-0.3, -0.25) is 4.79 Å². The van der Waals surface area contributed by atoms with Crippen molar-refractivity contribution in [2.24, 2.45) is 5.41 Å². The molecule has 0 radical (unpaired) electrons. The second kappa shape index (κ2) is 8.85. The van der Waals surface area contributed by atoms with Gasteiger partial charge < -0.3 is 10.1 Å². The average molecular weight is 287 g/mol. The summed E-state index contributed by atoms with van der Waals surface area (Å²) >= 11 is 2.01. The van der Waals surface area contributed by atoms with Crippen molar-refractivity contribution in [1.29, 1.82) is 0 Å². The van der Waals surface area contributed by atoms with Crippen LogP contribution in [0.5, 0.6) is 0 Å². The molecular formula is C15H29NO2S. The Morgan fingerprint density at radius 2 is 2.16 bits per heavy atom. The van der Waals surface area contributed by atoms with Crippen LogP contribution in [-0.4, -0.2) is 37.2 Å². The zero-order valence-corrected chi connectivity index (χ0v) is 13.5. The lowest BCUT2D eigenvalue weighted by Crippen LogP contribution is -2.28. The van der Waals surface area contributed by atoms with E-state index in [0.717, 1.165) is 12.3 Å². The number of carbonyl (C=O) groups is 1. The highest BCUT2D eigenvalue weighted by atomic mass is 32.2. The van der Waals surface area contributed by atoms with Crippen LogP contribution in [0.3, 0.4) is 0 Å². The van der Waals surface area contributed by atoms with Gasteiger partial charge in [-0.1, -0.05) is 13.8 Å². The van der Waals surface area contributed by atoms with Crippen molar-refractivity contribution in [3.8, 4) is 0 Å². The Bertz CT molecular complexity index is 267. The molecule has 0 amide bonds. The number of hydrogen-bond acceptors (Lipinski definition) is 4. The number of rotatable bonds is 11. The molecule has 0 spiro atoms. The third kappa shape index (κ3) is 6.66. The fraction of sp³-hybridized carbons (Fsp3) is 0.933. The quantitative estimate of drug-likeness (QED) is 0.468. The summed E-state index contributed by atoms with van der Waals surface area (Å²) < 4.78 is 4.77. The average Bonchev–Trinajstić information content (AvgIpc) is 3.16. The fourth-order valence-corrected chi connectivity index (χ4v) is 3.73. The molecule has 3 nitrogen and oxygen atoms in total. The van der Waals surface area contributed by atoms with E-state index in [9.17, 15) is 4.79 Å². The standard InChI is InChI=1S/C15H29NO2S/c1-4-13(16-5-2)7-6-10-19-12-15(8-9-15)11-14(17)18-3/h13,16H,4-12H2,1-3H3. The molecule has 1 atom stereocenters. The number of nitrogens with one attached hydrogen (secondary N) is 1. The molecule has 1 fully saturated rings. The van der Waals surface area contributed by atoms with Gasteiger partial charge in [-0.15, -0.1) is 0 Å². The van der Waals surface area contributed by atoms with Crippen molar-refractivity contribution in [2.45, 2.75) is 58.4 Å². The van der Waals surface area contributed by atoms with E-state index in [1.165, 1.54) is 45.0 Å². The van der Waals surface area contributed by atoms with Gasteiger partial charge in [0.25, 0.3) is 0 Å².